The van der Waals surface area contributed by atoms with Gasteiger partial charge >= 0.3 is 5.97 Å². The standard InChI is InChI=1S/C26H33ClN2O6/c1-6-13-28(20-15(3)9-8-10-17(20)27)23(32)21-26-12-11-25(5,35-26)19(24(33)34-7-2)18(26)22(31)29(21)16(4)14-30/h6,8-10,16,18-19,21,30H,1,7,11-14H2,2-5H3/t16-,18+,19+,21?,25-,26?/m1/s1. The minimum atomic E-state index is -1.21. The van der Waals surface area contributed by atoms with Crippen molar-refractivity contribution in [2.45, 2.75) is 63.8 Å². The highest BCUT2D eigenvalue weighted by atomic mass is 35.5. The van der Waals surface area contributed by atoms with E-state index in [-0.39, 0.29) is 31.6 Å². The molecule has 3 aliphatic heterocycles. The Balaban J connectivity index is 1.86. The van der Waals surface area contributed by atoms with Gasteiger partial charge in [0, 0.05) is 6.54 Å². The van der Waals surface area contributed by atoms with Gasteiger partial charge in [-0.3, -0.25) is 14.4 Å². The predicted molar refractivity (Wildman–Crippen MR) is 131 cm³/mol. The van der Waals surface area contributed by atoms with E-state index in [2.05, 4.69) is 6.58 Å². The van der Waals surface area contributed by atoms with E-state index < -0.39 is 41.1 Å². The zero-order valence-corrected chi connectivity index (χ0v) is 21.4. The maximum Gasteiger partial charge on any atom is 0.312 e. The van der Waals surface area contributed by atoms with Gasteiger partial charge < -0.3 is 24.4 Å². The third-order valence-electron chi connectivity index (χ3n) is 7.76. The second kappa shape index (κ2) is 9.22. The summed E-state index contributed by atoms with van der Waals surface area (Å²) in [7, 11) is 0. The second-order valence-corrected chi connectivity index (χ2v) is 10.3. The van der Waals surface area contributed by atoms with Crippen molar-refractivity contribution in [2.24, 2.45) is 11.8 Å². The van der Waals surface area contributed by atoms with Crippen molar-refractivity contribution in [3.63, 3.8) is 0 Å². The summed E-state index contributed by atoms with van der Waals surface area (Å²) in [5.41, 5.74) is -0.800. The fourth-order valence-corrected chi connectivity index (χ4v) is 6.65. The molecule has 3 aliphatic rings. The second-order valence-electron chi connectivity index (χ2n) is 9.90. The van der Waals surface area contributed by atoms with Crippen LogP contribution in [0.25, 0.3) is 0 Å². The molecule has 1 spiro atoms. The van der Waals surface area contributed by atoms with Crippen LogP contribution in [0.4, 0.5) is 5.69 Å². The Kier molecular flexibility index (Phi) is 6.76. The number of benzene rings is 1. The molecule has 4 rings (SSSR count). The molecule has 1 N–H and O–H groups in total. The van der Waals surface area contributed by atoms with Gasteiger partial charge in [0.25, 0.3) is 5.91 Å². The number of hydrogen-bond donors (Lipinski definition) is 1. The van der Waals surface area contributed by atoms with Crippen LogP contribution in [0.1, 0.15) is 39.2 Å². The van der Waals surface area contributed by atoms with Crippen molar-refractivity contribution in [1.82, 2.24) is 4.90 Å². The summed E-state index contributed by atoms with van der Waals surface area (Å²) >= 11 is 6.53. The Morgan fingerprint density at radius 2 is 2.14 bits per heavy atom. The van der Waals surface area contributed by atoms with Crippen molar-refractivity contribution < 1.29 is 29.0 Å². The molecule has 9 heteroatoms. The first-order valence-electron chi connectivity index (χ1n) is 12.0. The molecule has 3 heterocycles. The monoisotopic (exact) mass is 504 g/mol. The van der Waals surface area contributed by atoms with Crippen LogP contribution >= 0.6 is 11.6 Å². The fraction of sp³-hybridized carbons (Fsp3) is 0.577. The van der Waals surface area contributed by atoms with E-state index in [9.17, 15) is 19.5 Å². The summed E-state index contributed by atoms with van der Waals surface area (Å²) in [5, 5.41) is 10.4. The number of fused-ring (bicyclic) bond motifs is 1. The van der Waals surface area contributed by atoms with Crippen LogP contribution < -0.4 is 4.90 Å². The molecule has 0 saturated carbocycles. The average molecular weight is 505 g/mol. The number of halogens is 1. The lowest BCUT2D eigenvalue weighted by molar-refractivity contribution is -0.160. The smallest absolute Gasteiger partial charge is 0.312 e. The Morgan fingerprint density at radius 3 is 2.74 bits per heavy atom. The number of amides is 2. The van der Waals surface area contributed by atoms with Gasteiger partial charge in [0.1, 0.15) is 17.6 Å². The maximum atomic E-state index is 14.4. The zero-order chi connectivity index (χ0) is 25.7. The summed E-state index contributed by atoms with van der Waals surface area (Å²) in [5.74, 6) is -2.96. The maximum absolute atomic E-state index is 14.4. The Morgan fingerprint density at radius 1 is 1.43 bits per heavy atom. The van der Waals surface area contributed by atoms with Crippen LogP contribution in [0.15, 0.2) is 30.9 Å². The number of aryl methyl sites for hydroxylation is 1. The first kappa shape index (κ1) is 25.7. The quantitative estimate of drug-likeness (QED) is 0.432. The molecule has 8 nitrogen and oxygen atoms in total. The fourth-order valence-electron chi connectivity index (χ4n) is 6.33. The predicted octanol–water partition coefficient (Wildman–Crippen LogP) is 2.88. The lowest BCUT2D eigenvalue weighted by Crippen LogP contribution is -2.58. The third-order valence-corrected chi connectivity index (χ3v) is 8.07. The number of rotatable bonds is 8. The highest BCUT2D eigenvalue weighted by molar-refractivity contribution is 6.34. The number of hydrogen-bond acceptors (Lipinski definition) is 6. The molecule has 0 aliphatic carbocycles. The van der Waals surface area contributed by atoms with Crippen molar-refractivity contribution in [1.29, 1.82) is 0 Å². The van der Waals surface area contributed by atoms with E-state index in [0.717, 1.165) is 5.56 Å². The van der Waals surface area contributed by atoms with E-state index in [0.29, 0.717) is 23.6 Å². The Hall–Kier alpha value is -2.42. The van der Waals surface area contributed by atoms with Gasteiger partial charge in [-0.1, -0.05) is 29.8 Å². The first-order chi connectivity index (χ1) is 16.6. The summed E-state index contributed by atoms with van der Waals surface area (Å²) in [6.45, 7) is 10.9. The summed E-state index contributed by atoms with van der Waals surface area (Å²) in [6.07, 6.45) is 2.55. The number of ether oxygens (including phenoxy) is 2. The molecule has 190 valence electrons. The molecule has 2 amide bonds. The van der Waals surface area contributed by atoms with Crippen LogP contribution in [-0.2, 0) is 23.9 Å². The third kappa shape index (κ3) is 3.69. The van der Waals surface area contributed by atoms with Crippen molar-refractivity contribution in [2.75, 3.05) is 24.7 Å². The number of para-hydroxylation sites is 1. The number of carbonyl (C=O) groups excluding carboxylic acids is 3. The highest BCUT2D eigenvalue weighted by Crippen LogP contribution is 2.63. The van der Waals surface area contributed by atoms with Crippen LogP contribution in [-0.4, -0.2) is 70.8 Å². The SMILES string of the molecule is C=CCN(C(=O)C1N([C@H](C)CO)C(=O)[C@@H]2[C@@H](C(=O)OCC)[C@@]3(C)CCC12O3)c1c(C)cccc1Cl. The molecule has 6 atom stereocenters. The molecule has 2 bridgehead atoms. The number of carbonyl (C=O) groups is 3. The Bertz CT molecular complexity index is 1040. The van der Waals surface area contributed by atoms with Gasteiger partial charge in [0.05, 0.1) is 41.5 Å². The van der Waals surface area contributed by atoms with E-state index in [1.54, 1.807) is 32.1 Å². The summed E-state index contributed by atoms with van der Waals surface area (Å²) < 4.78 is 11.9. The van der Waals surface area contributed by atoms with Crippen molar-refractivity contribution in [3.8, 4) is 0 Å². The number of aliphatic hydroxyl groups excluding tert-OH is 1. The molecule has 1 aromatic rings. The lowest BCUT2D eigenvalue weighted by atomic mass is 9.66. The topological polar surface area (TPSA) is 96.4 Å². The number of esters is 1. The number of nitrogens with zero attached hydrogens (tertiary/aromatic N) is 2. The molecule has 3 fully saturated rings. The summed E-state index contributed by atoms with van der Waals surface area (Å²) in [6, 6.07) is 3.66. The van der Waals surface area contributed by atoms with E-state index in [4.69, 9.17) is 21.1 Å². The minimum Gasteiger partial charge on any atom is -0.466 e. The van der Waals surface area contributed by atoms with E-state index in [1.807, 2.05) is 19.9 Å². The van der Waals surface area contributed by atoms with Crippen LogP contribution in [0, 0.1) is 18.8 Å². The van der Waals surface area contributed by atoms with Crippen LogP contribution in [0.3, 0.4) is 0 Å². The molecule has 2 unspecified atom stereocenters. The number of anilines is 1. The van der Waals surface area contributed by atoms with Gasteiger partial charge in [-0.25, -0.2) is 0 Å². The first-order valence-corrected chi connectivity index (χ1v) is 12.4. The van der Waals surface area contributed by atoms with Gasteiger partial charge in [-0.2, -0.15) is 0 Å². The lowest BCUT2D eigenvalue weighted by Gasteiger charge is -2.39. The molecule has 0 aromatic heterocycles. The molecular weight excluding hydrogens is 472 g/mol. The zero-order valence-electron chi connectivity index (χ0n) is 20.6. The summed E-state index contributed by atoms with van der Waals surface area (Å²) in [4.78, 5) is 44.3. The highest BCUT2D eigenvalue weighted by Gasteiger charge is 2.79. The molecule has 3 saturated heterocycles. The van der Waals surface area contributed by atoms with Gasteiger partial charge in [-0.05, 0) is 52.2 Å². The number of aliphatic hydroxyl groups is 1. The average Bonchev–Trinajstić information content (AvgIpc) is 3.38. The largest absolute Gasteiger partial charge is 0.466 e. The van der Waals surface area contributed by atoms with E-state index >= 15 is 0 Å². The minimum absolute atomic E-state index is 0.161. The van der Waals surface area contributed by atoms with E-state index in [1.165, 1.54) is 9.80 Å². The Labute approximate surface area is 210 Å². The molecule has 0 radical (unpaired) electrons. The molecule has 35 heavy (non-hydrogen) atoms. The number of likely N-dealkylation sites (tertiary alicyclic amines) is 1. The van der Waals surface area contributed by atoms with Gasteiger partial charge in [0.15, 0.2) is 0 Å². The van der Waals surface area contributed by atoms with Crippen molar-refractivity contribution >= 4 is 35.1 Å². The van der Waals surface area contributed by atoms with Gasteiger partial charge in [0.2, 0.25) is 5.91 Å². The van der Waals surface area contributed by atoms with Gasteiger partial charge in [-0.15, -0.1) is 6.58 Å². The van der Waals surface area contributed by atoms with Crippen molar-refractivity contribution in [3.05, 3.63) is 41.4 Å². The molecular formula is C26H33ClN2O6. The van der Waals surface area contributed by atoms with Crippen LogP contribution in [0.5, 0.6) is 0 Å². The molecule has 1 aromatic carbocycles. The normalized spacial score (nSPS) is 31.9. The van der Waals surface area contributed by atoms with Crippen LogP contribution in [0.2, 0.25) is 5.02 Å².